The molecule has 0 aliphatic rings. The van der Waals surface area contributed by atoms with Gasteiger partial charge < -0.3 is 21.5 Å². The largest absolute Gasteiger partial charge is 0.504 e. The predicted molar refractivity (Wildman–Crippen MR) is 107 cm³/mol. The van der Waals surface area contributed by atoms with Crippen LogP contribution in [-0.4, -0.2) is 35.9 Å². The highest BCUT2D eigenvalue weighted by atomic mass is 35.5. The van der Waals surface area contributed by atoms with E-state index in [0.29, 0.717) is 6.54 Å². The fourth-order valence-electron chi connectivity index (χ4n) is 2.41. The van der Waals surface area contributed by atoms with Gasteiger partial charge >= 0.3 is 0 Å². The Morgan fingerprint density at radius 2 is 1.83 bits per heavy atom. The lowest BCUT2D eigenvalue weighted by molar-refractivity contribution is -0.122. The third-order valence-electron chi connectivity index (χ3n) is 3.92. The molecule has 0 saturated heterocycles. The van der Waals surface area contributed by atoms with Crippen molar-refractivity contribution in [1.82, 2.24) is 5.32 Å². The second kappa shape index (κ2) is 9.70. The Kier molecular flexibility index (Phi) is 7.57. The molecule has 0 heterocycles. The van der Waals surface area contributed by atoms with E-state index in [9.17, 15) is 23.1 Å². The maximum atomic E-state index is 12.1. The number of nitrogens with two attached hydrogens (primary N) is 1. The standard InChI is InChI=1S/C18H20ClN3O6S/c19-12-8-14(17(24)15(9-12)29(26,27)28)22-16(23)7-6-13(20)18(25)21-10-11-4-2-1-3-5-11/h1-5,8-9,13,24H,6-7,10,20H2,(H,21,25)(H,22,23)(H,26,27,28)/t13-/m0/s1. The maximum Gasteiger partial charge on any atom is 0.298 e. The summed E-state index contributed by atoms with van der Waals surface area (Å²) in [4.78, 5) is 23.3. The first-order chi connectivity index (χ1) is 13.6. The van der Waals surface area contributed by atoms with Crippen molar-refractivity contribution in [3.05, 3.63) is 53.1 Å². The van der Waals surface area contributed by atoms with Crippen LogP contribution in [-0.2, 0) is 26.3 Å². The van der Waals surface area contributed by atoms with Crippen LogP contribution in [0, 0.1) is 0 Å². The lowest BCUT2D eigenvalue weighted by Gasteiger charge is -2.13. The van der Waals surface area contributed by atoms with E-state index in [1.807, 2.05) is 30.3 Å². The van der Waals surface area contributed by atoms with Gasteiger partial charge in [0.1, 0.15) is 4.90 Å². The molecule has 2 aromatic rings. The number of anilines is 1. The van der Waals surface area contributed by atoms with Crippen molar-refractivity contribution in [2.75, 3.05) is 5.32 Å². The first-order valence-corrected chi connectivity index (χ1v) is 10.3. The zero-order valence-electron chi connectivity index (χ0n) is 15.1. The van der Waals surface area contributed by atoms with Gasteiger partial charge in [0.2, 0.25) is 11.8 Å². The van der Waals surface area contributed by atoms with Crippen molar-refractivity contribution in [1.29, 1.82) is 0 Å². The van der Waals surface area contributed by atoms with Crippen LogP contribution in [0.15, 0.2) is 47.4 Å². The Bertz CT molecular complexity index is 998. The summed E-state index contributed by atoms with van der Waals surface area (Å²) in [5.41, 5.74) is 6.39. The Morgan fingerprint density at radius 1 is 1.17 bits per heavy atom. The number of amides is 2. The van der Waals surface area contributed by atoms with Crippen molar-refractivity contribution in [2.24, 2.45) is 5.73 Å². The molecule has 2 aromatic carbocycles. The molecule has 9 nitrogen and oxygen atoms in total. The monoisotopic (exact) mass is 441 g/mol. The molecule has 2 rings (SSSR count). The summed E-state index contributed by atoms with van der Waals surface area (Å²) in [6.07, 6.45) is -0.161. The molecule has 2 amide bonds. The van der Waals surface area contributed by atoms with Crippen LogP contribution in [0.1, 0.15) is 18.4 Å². The normalized spacial score (nSPS) is 12.2. The molecule has 0 unspecified atom stereocenters. The van der Waals surface area contributed by atoms with Crippen molar-refractivity contribution in [2.45, 2.75) is 30.3 Å². The summed E-state index contributed by atoms with van der Waals surface area (Å²) >= 11 is 5.75. The van der Waals surface area contributed by atoms with E-state index in [0.717, 1.165) is 17.7 Å². The molecule has 0 fully saturated rings. The molecule has 0 bridgehead atoms. The van der Waals surface area contributed by atoms with Gasteiger partial charge in [-0.3, -0.25) is 14.1 Å². The van der Waals surface area contributed by atoms with Crippen LogP contribution < -0.4 is 16.4 Å². The number of aromatic hydroxyl groups is 1. The van der Waals surface area contributed by atoms with Gasteiger partial charge in [0, 0.05) is 18.0 Å². The van der Waals surface area contributed by atoms with Gasteiger partial charge in [0.05, 0.1) is 11.7 Å². The van der Waals surface area contributed by atoms with E-state index in [1.54, 1.807) is 0 Å². The molecule has 0 radical (unpaired) electrons. The quantitative estimate of drug-likeness (QED) is 0.307. The number of hydrogen-bond acceptors (Lipinski definition) is 6. The number of hydrogen-bond donors (Lipinski definition) is 5. The van der Waals surface area contributed by atoms with Crippen LogP contribution in [0.4, 0.5) is 5.69 Å². The Morgan fingerprint density at radius 3 is 2.45 bits per heavy atom. The van der Waals surface area contributed by atoms with Crippen LogP contribution in [0.3, 0.4) is 0 Å². The fourth-order valence-corrected chi connectivity index (χ4v) is 3.33. The smallest absolute Gasteiger partial charge is 0.298 e. The molecule has 0 saturated carbocycles. The Balaban J connectivity index is 1.91. The summed E-state index contributed by atoms with van der Waals surface area (Å²) in [7, 11) is -4.74. The Labute approximate surface area is 172 Å². The lowest BCUT2D eigenvalue weighted by atomic mass is 10.1. The first-order valence-electron chi connectivity index (χ1n) is 8.45. The zero-order chi connectivity index (χ0) is 21.6. The second-order valence-corrected chi connectivity index (χ2v) is 8.00. The number of phenols is 1. The SMILES string of the molecule is N[C@@H](CCC(=O)Nc1cc(Cl)cc(S(=O)(=O)O)c1O)C(=O)NCc1ccccc1. The van der Waals surface area contributed by atoms with Gasteiger partial charge in [-0.05, 0) is 24.1 Å². The van der Waals surface area contributed by atoms with Crippen LogP contribution >= 0.6 is 11.6 Å². The summed E-state index contributed by atoms with van der Waals surface area (Å²) in [5.74, 6) is -1.91. The van der Waals surface area contributed by atoms with E-state index >= 15 is 0 Å². The lowest BCUT2D eigenvalue weighted by Crippen LogP contribution is -2.40. The molecule has 1 atom stereocenters. The minimum Gasteiger partial charge on any atom is -0.504 e. The molecular formula is C18H20ClN3O6S. The number of nitrogens with one attached hydrogen (secondary N) is 2. The Hall–Kier alpha value is -2.66. The number of rotatable bonds is 8. The van der Waals surface area contributed by atoms with Gasteiger partial charge in [0.15, 0.2) is 5.75 Å². The highest BCUT2D eigenvalue weighted by Gasteiger charge is 2.21. The van der Waals surface area contributed by atoms with Crippen LogP contribution in [0.2, 0.25) is 5.02 Å². The van der Waals surface area contributed by atoms with E-state index < -0.39 is 38.6 Å². The summed E-state index contributed by atoms with van der Waals surface area (Å²) < 4.78 is 31.6. The third kappa shape index (κ3) is 6.71. The first kappa shape index (κ1) is 22.6. The summed E-state index contributed by atoms with van der Waals surface area (Å²) in [6.45, 7) is 0.300. The maximum absolute atomic E-state index is 12.1. The van der Waals surface area contributed by atoms with Crippen molar-refractivity contribution < 1.29 is 27.7 Å². The van der Waals surface area contributed by atoms with E-state index in [2.05, 4.69) is 10.6 Å². The topological polar surface area (TPSA) is 159 Å². The fraction of sp³-hybridized carbons (Fsp3) is 0.222. The number of carbonyl (C=O) groups is 2. The minimum atomic E-state index is -4.74. The van der Waals surface area contributed by atoms with Crippen LogP contribution in [0.5, 0.6) is 5.75 Å². The molecular weight excluding hydrogens is 422 g/mol. The molecule has 0 aromatic heterocycles. The molecule has 0 spiro atoms. The highest BCUT2D eigenvalue weighted by molar-refractivity contribution is 7.86. The van der Waals surface area contributed by atoms with Crippen molar-refractivity contribution >= 4 is 39.2 Å². The van der Waals surface area contributed by atoms with Gasteiger partial charge in [-0.2, -0.15) is 8.42 Å². The number of phenolic OH excluding ortho intramolecular Hbond substituents is 1. The van der Waals surface area contributed by atoms with Gasteiger partial charge in [-0.25, -0.2) is 0 Å². The molecule has 0 aliphatic heterocycles. The molecule has 11 heteroatoms. The van der Waals surface area contributed by atoms with Gasteiger partial charge in [-0.1, -0.05) is 41.9 Å². The number of carbonyl (C=O) groups excluding carboxylic acids is 2. The molecule has 6 N–H and O–H groups in total. The van der Waals surface area contributed by atoms with E-state index in [4.69, 9.17) is 21.9 Å². The zero-order valence-corrected chi connectivity index (χ0v) is 16.7. The average Bonchev–Trinajstić information content (AvgIpc) is 2.66. The highest BCUT2D eigenvalue weighted by Crippen LogP contribution is 2.34. The molecule has 156 valence electrons. The van der Waals surface area contributed by atoms with Crippen molar-refractivity contribution in [3.8, 4) is 5.75 Å². The summed E-state index contributed by atoms with van der Waals surface area (Å²) in [5, 5.41) is 14.8. The third-order valence-corrected chi connectivity index (χ3v) is 5.01. The molecule has 0 aliphatic carbocycles. The van der Waals surface area contributed by atoms with E-state index in [1.165, 1.54) is 0 Å². The summed E-state index contributed by atoms with van der Waals surface area (Å²) in [6, 6.07) is 10.2. The number of halogens is 1. The predicted octanol–water partition coefficient (Wildman–Crippen LogP) is 1.65. The average molecular weight is 442 g/mol. The molecule has 29 heavy (non-hydrogen) atoms. The van der Waals surface area contributed by atoms with Gasteiger partial charge in [0.25, 0.3) is 10.1 Å². The minimum absolute atomic E-state index is 0.0128. The van der Waals surface area contributed by atoms with E-state index in [-0.39, 0.29) is 23.6 Å². The van der Waals surface area contributed by atoms with Crippen molar-refractivity contribution in [3.63, 3.8) is 0 Å². The second-order valence-electron chi connectivity index (χ2n) is 6.17. The number of benzene rings is 2. The van der Waals surface area contributed by atoms with Crippen LogP contribution in [0.25, 0.3) is 0 Å². The van der Waals surface area contributed by atoms with Gasteiger partial charge in [-0.15, -0.1) is 0 Å².